The van der Waals surface area contributed by atoms with Gasteiger partial charge in [0.2, 0.25) is 17.2 Å². The number of aromatic amines is 1. The number of H-pyrrole nitrogens is 1. The molecule has 0 aromatic carbocycles. The van der Waals surface area contributed by atoms with Gasteiger partial charge in [0.1, 0.15) is 6.10 Å². The summed E-state index contributed by atoms with van der Waals surface area (Å²) in [7, 11) is 0. The number of aliphatic hydroxyl groups excluding tert-OH is 1. The maximum atomic E-state index is 13.4. The van der Waals surface area contributed by atoms with Crippen LogP contribution in [0.3, 0.4) is 0 Å². The Kier molecular flexibility index (Phi) is 2.67. The number of rotatable bonds is 2. The summed E-state index contributed by atoms with van der Waals surface area (Å²) >= 11 is 0. The second-order valence-corrected chi connectivity index (χ2v) is 4.98. The fourth-order valence-corrected chi connectivity index (χ4v) is 2.50. The first-order valence-corrected chi connectivity index (χ1v) is 6.01. The molecule has 21 heavy (non-hydrogen) atoms. The molecule has 1 aromatic rings. The maximum absolute atomic E-state index is 13.4. The number of epoxide rings is 1. The predicted molar refractivity (Wildman–Crippen MR) is 64.5 cm³/mol. The van der Waals surface area contributed by atoms with Crippen molar-refractivity contribution in [3.63, 3.8) is 0 Å². The molecule has 2 fully saturated rings. The van der Waals surface area contributed by atoms with Crippen LogP contribution in [-0.4, -0.2) is 43.4 Å². The molecule has 2 aliphatic heterocycles. The molecular weight excluding hydrogens is 287 g/mol. The lowest BCUT2D eigenvalue weighted by atomic mass is 9.96. The van der Waals surface area contributed by atoms with Crippen LogP contribution < -0.4 is 11.2 Å². The molecule has 0 bridgehead atoms. The second kappa shape index (κ2) is 4.02. The van der Waals surface area contributed by atoms with Crippen molar-refractivity contribution in [3.8, 4) is 12.3 Å². The van der Waals surface area contributed by atoms with E-state index in [2.05, 4.69) is 0 Å². The Morgan fingerprint density at radius 2 is 2.24 bits per heavy atom. The molecule has 0 spiro atoms. The van der Waals surface area contributed by atoms with Crippen LogP contribution in [0, 0.1) is 18.2 Å². The standard InChI is InChI=1S/C12H11FN2O6/c1-3-11(19)8-12(20-8,5(2)16)21-9(11)15-4-6(13)7(17)14-10(15)18/h1,4-5,8-9,16,19H,2H3,(H,14,17,18)/t5-,8-,9-,11?,12?/m1/s1. The van der Waals surface area contributed by atoms with Crippen molar-refractivity contribution in [2.45, 2.75) is 36.7 Å². The summed E-state index contributed by atoms with van der Waals surface area (Å²) in [5, 5.41) is 20.1. The smallest absolute Gasteiger partial charge is 0.330 e. The molecule has 0 aliphatic carbocycles. The molecule has 5 atom stereocenters. The molecule has 3 rings (SSSR count). The Morgan fingerprint density at radius 1 is 1.57 bits per heavy atom. The number of ether oxygens (including phenoxy) is 2. The number of hydrogen-bond acceptors (Lipinski definition) is 6. The minimum Gasteiger partial charge on any atom is -0.388 e. The fraction of sp³-hybridized carbons (Fsp3) is 0.500. The molecule has 2 aliphatic rings. The van der Waals surface area contributed by atoms with E-state index < -0.39 is 46.9 Å². The minimum atomic E-state index is -2.09. The Hall–Kier alpha value is -1.99. The number of nitrogens with zero attached hydrogens (tertiary/aromatic N) is 1. The number of halogens is 1. The highest BCUT2D eigenvalue weighted by Crippen LogP contribution is 2.58. The molecule has 3 N–H and O–H groups in total. The van der Waals surface area contributed by atoms with E-state index in [-0.39, 0.29) is 0 Å². The largest absolute Gasteiger partial charge is 0.388 e. The summed E-state index contributed by atoms with van der Waals surface area (Å²) in [4.78, 5) is 24.5. The van der Waals surface area contributed by atoms with Crippen LogP contribution in [0.15, 0.2) is 15.8 Å². The van der Waals surface area contributed by atoms with E-state index in [1.54, 1.807) is 4.98 Å². The van der Waals surface area contributed by atoms with Crippen LogP contribution >= 0.6 is 0 Å². The fourth-order valence-electron chi connectivity index (χ4n) is 2.50. The molecule has 0 radical (unpaired) electrons. The predicted octanol–water partition coefficient (Wildman–Crippen LogP) is -1.96. The lowest BCUT2D eigenvalue weighted by molar-refractivity contribution is -0.198. The third-order valence-corrected chi connectivity index (χ3v) is 3.67. The van der Waals surface area contributed by atoms with Crippen LogP contribution in [-0.2, 0) is 9.47 Å². The van der Waals surface area contributed by atoms with Crippen LogP contribution in [0.5, 0.6) is 0 Å². The monoisotopic (exact) mass is 298 g/mol. The molecule has 0 saturated carbocycles. The molecule has 2 saturated heterocycles. The highest BCUT2D eigenvalue weighted by atomic mass is 19.1. The van der Waals surface area contributed by atoms with Gasteiger partial charge in [0.15, 0.2) is 12.3 Å². The quantitative estimate of drug-likeness (QED) is 0.431. The van der Waals surface area contributed by atoms with Gasteiger partial charge >= 0.3 is 5.69 Å². The van der Waals surface area contributed by atoms with Gasteiger partial charge in [0.25, 0.3) is 5.56 Å². The first-order chi connectivity index (χ1) is 9.76. The van der Waals surface area contributed by atoms with Crippen molar-refractivity contribution in [1.82, 2.24) is 9.55 Å². The highest BCUT2D eigenvalue weighted by Gasteiger charge is 2.79. The zero-order valence-electron chi connectivity index (χ0n) is 10.7. The molecule has 3 heterocycles. The molecule has 2 unspecified atom stereocenters. The Balaban J connectivity index is 2.12. The minimum absolute atomic E-state index is 0.578. The van der Waals surface area contributed by atoms with E-state index in [0.717, 1.165) is 0 Å². The van der Waals surface area contributed by atoms with Crippen molar-refractivity contribution in [2.75, 3.05) is 0 Å². The topological polar surface area (TPSA) is 117 Å². The Morgan fingerprint density at radius 3 is 2.81 bits per heavy atom. The van der Waals surface area contributed by atoms with E-state index in [1.807, 2.05) is 5.92 Å². The number of terminal acetylenes is 1. The summed E-state index contributed by atoms with van der Waals surface area (Å²) in [6, 6.07) is 0. The van der Waals surface area contributed by atoms with E-state index in [0.29, 0.717) is 10.8 Å². The molecule has 112 valence electrons. The van der Waals surface area contributed by atoms with Crippen molar-refractivity contribution >= 4 is 0 Å². The van der Waals surface area contributed by atoms with Gasteiger partial charge < -0.3 is 19.7 Å². The van der Waals surface area contributed by atoms with Crippen molar-refractivity contribution in [2.24, 2.45) is 0 Å². The third kappa shape index (κ3) is 1.64. The number of fused-ring (bicyclic) bond motifs is 1. The number of nitrogens with one attached hydrogen (secondary N) is 1. The average molecular weight is 298 g/mol. The lowest BCUT2D eigenvalue weighted by Gasteiger charge is -2.27. The van der Waals surface area contributed by atoms with Crippen LogP contribution in [0.4, 0.5) is 4.39 Å². The van der Waals surface area contributed by atoms with Crippen molar-refractivity contribution in [3.05, 3.63) is 32.9 Å². The maximum Gasteiger partial charge on any atom is 0.330 e. The number of aliphatic hydroxyl groups is 2. The SMILES string of the molecule is C#CC1(O)[C@H]2OC2([C@@H](C)O)O[C@H]1n1cc(F)c(=O)[nH]c1=O. The summed E-state index contributed by atoms with van der Waals surface area (Å²) in [5.41, 5.74) is -4.31. The zero-order chi connectivity index (χ0) is 15.6. The van der Waals surface area contributed by atoms with Gasteiger partial charge in [-0.15, -0.1) is 6.42 Å². The Labute approximate surface area is 116 Å². The van der Waals surface area contributed by atoms with Gasteiger partial charge in [-0.3, -0.25) is 14.3 Å². The van der Waals surface area contributed by atoms with Gasteiger partial charge in [-0.25, -0.2) is 4.79 Å². The first kappa shape index (κ1) is 14.0. The first-order valence-electron chi connectivity index (χ1n) is 6.01. The zero-order valence-corrected chi connectivity index (χ0v) is 10.7. The third-order valence-electron chi connectivity index (χ3n) is 3.67. The van der Waals surface area contributed by atoms with Gasteiger partial charge in [0.05, 0.1) is 6.20 Å². The summed E-state index contributed by atoms with van der Waals surface area (Å²) in [5.74, 6) is -0.761. The average Bonchev–Trinajstić information content (AvgIpc) is 3.11. The van der Waals surface area contributed by atoms with E-state index in [1.165, 1.54) is 6.92 Å². The summed E-state index contributed by atoms with van der Waals surface area (Å²) in [6.07, 6.45) is 2.13. The van der Waals surface area contributed by atoms with Gasteiger partial charge in [-0.2, -0.15) is 4.39 Å². The van der Waals surface area contributed by atoms with Gasteiger partial charge in [0, 0.05) is 0 Å². The molecule has 0 amide bonds. The van der Waals surface area contributed by atoms with E-state index in [9.17, 15) is 24.2 Å². The normalized spacial score (nSPS) is 38.6. The van der Waals surface area contributed by atoms with E-state index >= 15 is 0 Å². The van der Waals surface area contributed by atoms with Crippen LogP contribution in [0.25, 0.3) is 0 Å². The van der Waals surface area contributed by atoms with Gasteiger partial charge in [-0.05, 0) is 6.92 Å². The highest BCUT2D eigenvalue weighted by molar-refractivity contribution is 5.28. The molecule has 1 aromatic heterocycles. The van der Waals surface area contributed by atoms with Crippen LogP contribution in [0.1, 0.15) is 13.2 Å². The Bertz CT molecular complexity index is 764. The van der Waals surface area contributed by atoms with Crippen molar-refractivity contribution in [1.29, 1.82) is 0 Å². The molecule has 8 nitrogen and oxygen atoms in total. The summed E-state index contributed by atoms with van der Waals surface area (Å²) in [6.45, 7) is 1.36. The number of hydrogen-bond donors (Lipinski definition) is 3. The van der Waals surface area contributed by atoms with Crippen LogP contribution in [0.2, 0.25) is 0 Å². The van der Waals surface area contributed by atoms with Crippen molar-refractivity contribution < 1.29 is 24.1 Å². The molecule has 9 heteroatoms. The number of aromatic nitrogens is 2. The van der Waals surface area contributed by atoms with Gasteiger partial charge in [-0.1, -0.05) is 5.92 Å². The molecular formula is C12H11FN2O6. The lowest BCUT2D eigenvalue weighted by Crippen LogP contribution is -2.45. The second-order valence-electron chi connectivity index (χ2n) is 4.98. The summed E-state index contributed by atoms with van der Waals surface area (Å²) < 4.78 is 24.4. The van der Waals surface area contributed by atoms with E-state index in [4.69, 9.17) is 15.9 Å².